The predicted octanol–water partition coefficient (Wildman–Crippen LogP) is 3.99. The van der Waals surface area contributed by atoms with Crippen LogP contribution in [0.25, 0.3) is 11.4 Å². The highest BCUT2D eigenvalue weighted by Crippen LogP contribution is 2.25. The number of carbonyl (C=O) groups is 1. The number of nitrogens with one attached hydrogen (secondary N) is 1. The highest BCUT2D eigenvalue weighted by Gasteiger charge is 2.19. The Hall–Kier alpha value is -2.93. The van der Waals surface area contributed by atoms with Crippen molar-refractivity contribution in [2.45, 2.75) is 13.2 Å². The Bertz CT molecular complexity index is 934. The molecule has 0 aliphatic rings. The Kier molecular flexibility index (Phi) is 4.95. The van der Waals surface area contributed by atoms with Gasteiger partial charge in [-0.1, -0.05) is 30.3 Å². The first-order valence-electron chi connectivity index (χ1n) is 7.67. The third-order valence-electron chi connectivity index (χ3n) is 3.68. The summed E-state index contributed by atoms with van der Waals surface area (Å²) in [6, 6.07) is 16.2. The highest BCUT2D eigenvalue weighted by atomic mass is 32.1. The molecule has 7 heteroatoms. The molecule has 2 aromatic carbocycles. The summed E-state index contributed by atoms with van der Waals surface area (Å²) >= 11 is 5.30. The van der Waals surface area contributed by atoms with E-state index in [1.165, 1.54) is 0 Å². The lowest BCUT2D eigenvalue weighted by Gasteiger charge is -2.16. The summed E-state index contributed by atoms with van der Waals surface area (Å²) in [6.45, 7) is 1.75. The van der Waals surface area contributed by atoms with Crippen LogP contribution in [0.4, 0.5) is 0 Å². The molecule has 0 amide bonds. The molecule has 1 atom stereocenters. The minimum absolute atomic E-state index is 0.367. The van der Waals surface area contributed by atoms with Crippen LogP contribution in [-0.4, -0.2) is 27.8 Å². The summed E-state index contributed by atoms with van der Waals surface area (Å²) in [6.07, 6.45) is -0.625. The van der Waals surface area contributed by atoms with E-state index in [-0.39, 0.29) is 0 Å². The number of aromatic amines is 1. The maximum Gasteiger partial charge on any atom is 0.340 e. The van der Waals surface area contributed by atoms with Crippen LogP contribution in [0.5, 0.6) is 5.75 Å². The molecule has 1 aromatic heterocycles. The molecule has 1 unspecified atom stereocenters. The lowest BCUT2D eigenvalue weighted by Crippen LogP contribution is -2.16. The van der Waals surface area contributed by atoms with E-state index in [2.05, 4.69) is 10.2 Å². The Labute approximate surface area is 150 Å². The van der Waals surface area contributed by atoms with E-state index in [4.69, 9.17) is 21.7 Å². The van der Waals surface area contributed by atoms with E-state index in [1.807, 2.05) is 30.3 Å². The predicted molar refractivity (Wildman–Crippen MR) is 96.0 cm³/mol. The molecule has 0 fully saturated rings. The van der Waals surface area contributed by atoms with Crippen molar-refractivity contribution in [3.8, 4) is 17.1 Å². The van der Waals surface area contributed by atoms with Crippen molar-refractivity contribution in [2.24, 2.45) is 0 Å². The monoisotopic (exact) mass is 355 g/mol. The molecule has 0 bridgehead atoms. The molecule has 0 aliphatic heterocycles. The fourth-order valence-corrected chi connectivity index (χ4v) is 2.74. The molecule has 25 heavy (non-hydrogen) atoms. The van der Waals surface area contributed by atoms with Crippen LogP contribution < -0.4 is 4.74 Å². The molecular weight excluding hydrogens is 338 g/mol. The van der Waals surface area contributed by atoms with Crippen molar-refractivity contribution in [3.05, 3.63) is 64.9 Å². The number of nitrogens with zero attached hydrogens (tertiary/aromatic N) is 2. The third-order valence-corrected chi connectivity index (χ3v) is 3.97. The second kappa shape index (κ2) is 7.31. The van der Waals surface area contributed by atoms with Gasteiger partial charge in [0.25, 0.3) is 0 Å². The fourth-order valence-electron chi connectivity index (χ4n) is 2.46. The minimum atomic E-state index is -0.625. The van der Waals surface area contributed by atoms with E-state index >= 15 is 0 Å². The number of hydrogen-bond acceptors (Lipinski definition) is 5. The average Bonchev–Trinajstić information content (AvgIpc) is 3.04. The van der Waals surface area contributed by atoms with E-state index in [0.717, 1.165) is 5.56 Å². The van der Waals surface area contributed by atoms with Gasteiger partial charge in [-0.3, -0.25) is 9.67 Å². The smallest absolute Gasteiger partial charge is 0.340 e. The van der Waals surface area contributed by atoms with Crippen molar-refractivity contribution >= 4 is 18.2 Å². The van der Waals surface area contributed by atoms with Crippen molar-refractivity contribution in [1.29, 1.82) is 0 Å². The molecule has 3 aromatic rings. The number of hydrogen-bond donors (Lipinski definition) is 1. The van der Waals surface area contributed by atoms with E-state index < -0.39 is 12.2 Å². The Morgan fingerprint density at radius 1 is 1.20 bits per heavy atom. The van der Waals surface area contributed by atoms with Gasteiger partial charge in [0.05, 0.1) is 12.7 Å². The maximum atomic E-state index is 12.3. The Balaban J connectivity index is 1.91. The molecule has 6 nitrogen and oxygen atoms in total. The zero-order valence-electron chi connectivity index (χ0n) is 13.8. The molecule has 3 rings (SSSR count). The average molecular weight is 355 g/mol. The van der Waals surface area contributed by atoms with Gasteiger partial charge in [0.15, 0.2) is 16.8 Å². The first-order chi connectivity index (χ1) is 12.1. The first kappa shape index (κ1) is 16.9. The van der Waals surface area contributed by atoms with E-state index in [0.29, 0.717) is 21.9 Å². The SMILES string of the molecule is COc1cccc(-c2n[nH]c(=S)n2C(C)OC(=O)c2ccccc2)c1. The zero-order chi connectivity index (χ0) is 17.8. The molecule has 1 heterocycles. The van der Waals surface area contributed by atoms with E-state index in [9.17, 15) is 4.79 Å². The maximum absolute atomic E-state index is 12.3. The van der Waals surface area contributed by atoms with Crippen molar-refractivity contribution in [1.82, 2.24) is 14.8 Å². The van der Waals surface area contributed by atoms with Crippen LogP contribution in [0, 0.1) is 4.77 Å². The van der Waals surface area contributed by atoms with Gasteiger partial charge < -0.3 is 9.47 Å². The van der Waals surface area contributed by atoms with Gasteiger partial charge in [-0.15, -0.1) is 0 Å². The van der Waals surface area contributed by atoms with Gasteiger partial charge in [0.1, 0.15) is 5.75 Å². The van der Waals surface area contributed by atoms with Crippen LogP contribution in [0.15, 0.2) is 54.6 Å². The second-order valence-electron chi connectivity index (χ2n) is 5.32. The Morgan fingerprint density at radius 2 is 1.96 bits per heavy atom. The molecule has 1 N–H and O–H groups in total. The molecule has 0 spiro atoms. The van der Waals surface area contributed by atoms with Gasteiger partial charge in [-0.05, 0) is 43.4 Å². The normalized spacial score (nSPS) is 11.8. The van der Waals surface area contributed by atoms with Crippen molar-refractivity contribution in [2.75, 3.05) is 7.11 Å². The topological polar surface area (TPSA) is 69.1 Å². The van der Waals surface area contributed by atoms with Gasteiger partial charge in [-0.25, -0.2) is 4.79 Å². The van der Waals surface area contributed by atoms with Gasteiger partial charge in [-0.2, -0.15) is 5.10 Å². The Morgan fingerprint density at radius 3 is 2.68 bits per heavy atom. The van der Waals surface area contributed by atoms with Crippen LogP contribution in [0.2, 0.25) is 0 Å². The van der Waals surface area contributed by atoms with Crippen molar-refractivity contribution < 1.29 is 14.3 Å². The molecular formula is C18H17N3O3S. The fraction of sp³-hybridized carbons (Fsp3) is 0.167. The number of carbonyl (C=O) groups excluding carboxylic acids is 1. The van der Waals surface area contributed by atoms with Gasteiger partial charge >= 0.3 is 5.97 Å². The van der Waals surface area contributed by atoms with Crippen LogP contribution in [0.1, 0.15) is 23.5 Å². The molecule has 128 valence electrons. The summed E-state index contributed by atoms with van der Waals surface area (Å²) in [4.78, 5) is 12.3. The number of ether oxygens (including phenoxy) is 2. The van der Waals surface area contributed by atoms with E-state index in [1.54, 1.807) is 42.9 Å². The van der Waals surface area contributed by atoms with Crippen LogP contribution >= 0.6 is 12.2 Å². The number of rotatable bonds is 5. The summed E-state index contributed by atoms with van der Waals surface area (Å²) < 4.78 is 12.8. The van der Waals surface area contributed by atoms with Crippen molar-refractivity contribution in [3.63, 3.8) is 0 Å². The van der Waals surface area contributed by atoms with Gasteiger partial charge in [0, 0.05) is 5.56 Å². The molecule has 0 radical (unpaired) electrons. The number of methoxy groups -OCH3 is 1. The molecule has 0 saturated heterocycles. The number of H-pyrrole nitrogens is 1. The number of esters is 1. The number of aromatic nitrogens is 3. The summed E-state index contributed by atoms with van der Waals surface area (Å²) in [5.41, 5.74) is 1.28. The summed E-state index contributed by atoms with van der Waals surface area (Å²) in [5.74, 6) is 0.844. The summed E-state index contributed by atoms with van der Waals surface area (Å²) in [5, 5.41) is 7.01. The molecule has 0 aliphatic carbocycles. The highest BCUT2D eigenvalue weighted by molar-refractivity contribution is 7.71. The minimum Gasteiger partial charge on any atom is -0.497 e. The zero-order valence-corrected chi connectivity index (χ0v) is 14.6. The van der Waals surface area contributed by atoms with Crippen LogP contribution in [-0.2, 0) is 4.74 Å². The quantitative estimate of drug-likeness (QED) is 0.553. The second-order valence-corrected chi connectivity index (χ2v) is 5.71. The standard InChI is InChI=1S/C18H17N3O3S/c1-12(24-17(22)13-7-4-3-5-8-13)21-16(19-20-18(21)25)14-9-6-10-15(11-14)23-2/h3-12H,1-2H3,(H,20,25). The van der Waals surface area contributed by atoms with Gasteiger partial charge in [0.2, 0.25) is 0 Å². The summed E-state index contributed by atoms with van der Waals surface area (Å²) in [7, 11) is 1.60. The lowest BCUT2D eigenvalue weighted by molar-refractivity contribution is 0.0157. The molecule has 0 saturated carbocycles. The largest absolute Gasteiger partial charge is 0.497 e. The van der Waals surface area contributed by atoms with Crippen LogP contribution in [0.3, 0.4) is 0 Å². The number of benzene rings is 2. The third kappa shape index (κ3) is 3.61. The first-order valence-corrected chi connectivity index (χ1v) is 8.08. The lowest BCUT2D eigenvalue weighted by atomic mass is 10.2.